The fraction of sp³-hybridized carbons (Fsp3) is 0.429. The smallest absolute Gasteiger partial charge is 0.243 e. The summed E-state index contributed by atoms with van der Waals surface area (Å²) < 4.78 is 0. The Bertz CT molecular complexity index is 526. The van der Waals surface area contributed by atoms with Crippen LogP contribution in [0.25, 0.3) is 0 Å². The van der Waals surface area contributed by atoms with Gasteiger partial charge in [-0.1, -0.05) is 18.9 Å². The number of hydrogen-bond acceptors (Lipinski definition) is 3. The summed E-state index contributed by atoms with van der Waals surface area (Å²) in [5.74, 6) is -0.0166. The highest BCUT2D eigenvalue weighted by Crippen LogP contribution is 2.37. The van der Waals surface area contributed by atoms with Crippen molar-refractivity contribution in [3.63, 3.8) is 0 Å². The van der Waals surface area contributed by atoms with Gasteiger partial charge in [0.1, 0.15) is 6.07 Å². The van der Waals surface area contributed by atoms with E-state index in [0.29, 0.717) is 23.8 Å². The molecule has 0 unspecified atom stereocenters. The zero-order valence-corrected chi connectivity index (χ0v) is 10.1. The molecule has 1 aromatic carbocycles. The number of hydrogen-bond donors (Lipinski definition) is 1. The SMILES string of the molecule is N#Cc1cccc2c1NC(=O)CN2C1CCCC1. The van der Waals surface area contributed by atoms with Gasteiger partial charge in [-0.2, -0.15) is 5.26 Å². The van der Waals surface area contributed by atoms with Crippen LogP contribution in [0.3, 0.4) is 0 Å². The van der Waals surface area contributed by atoms with E-state index in [1.165, 1.54) is 12.8 Å². The molecule has 1 heterocycles. The first kappa shape index (κ1) is 11.1. The Morgan fingerprint density at radius 3 is 2.83 bits per heavy atom. The average Bonchev–Trinajstić information content (AvgIpc) is 2.90. The van der Waals surface area contributed by atoms with Crippen molar-refractivity contribution in [2.45, 2.75) is 31.7 Å². The number of carbonyl (C=O) groups excluding carboxylic acids is 1. The number of carbonyl (C=O) groups is 1. The van der Waals surface area contributed by atoms with Gasteiger partial charge in [-0.3, -0.25) is 4.79 Å². The lowest BCUT2D eigenvalue weighted by Crippen LogP contribution is -2.43. The Kier molecular flexibility index (Phi) is 2.67. The Labute approximate surface area is 106 Å². The van der Waals surface area contributed by atoms with E-state index >= 15 is 0 Å². The molecule has 0 aromatic heterocycles. The molecule has 1 saturated carbocycles. The first-order valence-electron chi connectivity index (χ1n) is 6.39. The van der Waals surface area contributed by atoms with Gasteiger partial charge in [-0.15, -0.1) is 0 Å². The van der Waals surface area contributed by atoms with Crippen LogP contribution in [0, 0.1) is 11.3 Å². The predicted octanol–water partition coefficient (Wildman–Crippen LogP) is 2.26. The van der Waals surface area contributed by atoms with Gasteiger partial charge >= 0.3 is 0 Å². The summed E-state index contributed by atoms with van der Waals surface area (Å²) in [6.45, 7) is 0.409. The van der Waals surface area contributed by atoms with E-state index in [1.807, 2.05) is 12.1 Å². The molecule has 0 bridgehead atoms. The molecule has 0 atom stereocenters. The molecule has 18 heavy (non-hydrogen) atoms. The molecule has 1 fully saturated rings. The van der Waals surface area contributed by atoms with E-state index in [1.54, 1.807) is 6.07 Å². The van der Waals surface area contributed by atoms with E-state index in [4.69, 9.17) is 5.26 Å². The summed E-state index contributed by atoms with van der Waals surface area (Å²) in [5.41, 5.74) is 2.23. The Hall–Kier alpha value is -2.02. The lowest BCUT2D eigenvalue weighted by Gasteiger charge is -2.35. The quantitative estimate of drug-likeness (QED) is 0.820. The van der Waals surface area contributed by atoms with Gasteiger partial charge in [-0.25, -0.2) is 0 Å². The van der Waals surface area contributed by atoms with Gasteiger partial charge < -0.3 is 10.2 Å². The van der Waals surface area contributed by atoms with Gasteiger partial charge in [0.15, 0.2) is 0 Å². The predicted molar refractivity (Wildman–Crippen MR) is 69.4 cm³/mol. The zero-order chi connectivity index (χ0) is 12.5. The summed E-state index contributed by atoms with van der Waals surface area (Å²) in [6, 6.07) is 8.22. The fourth-order valence-electron chi connectivity index (χ4n) is 2.96. The molecule has 3 rings (SSSR count). The molecule has 0 spiro atoms. The fourth-order valence-corrected chi connectivity index (χ4v) is 2.96. The maximum Gasteiger partial charge on any atom is 0.243 e. The average molecular weight is 241 g/mol. The third-order valence-electron chi connectivity index (χ3n) is 3.82. The highest BCUT2D eigenvalue weighted by atomic mass is 16.2. The van der Waals surface area contributed by atoms with Crippen LogP contribution in [0.2, 0.25) is 0 Å². The summed E-state index contributed by atoms with van der Waals surface area (Å²) in [6.07, 6.45) is 4.75. The van der Waals surface area contributed by atoms with E-state index in [0.717, 1.165) is 18.5 Å². The van der Waals surface area contributed by atoms with Gasteiger partial charge in [0.25, 0.3) is 0 Å². The second kappa shape index (κ2) is 4.34. The van der Waals surface area contributed by atoms with Crippen LogP contribution in [0.1, 0.15) is 31.2 Å². The van der Waals surface area contributed by atoms with Crippen molar-refractivity contribution in [1.29, 1.82) is 5.26 Å². The third kappa shape index (κ3) is 1.72. The second-order valence-electron chi connectivity index (χ2n) is 4.93. The van der Waals surface area contributed by atoms with Crippen LogP contribution >= 0.6 is 0 Å². The van der Waals surface area contributed by atoms with Gasteiger partial charge in [0.2, 0.25) is 5.91 Å². The number of anilines is 2. The largest absolute Gasteiger partial charge is 0.358 e. The van der Waals surface area contributed by atoms with E-state index in [2.05, 4.69) is 16.3 Å². The summed E-state index contributed by atoms with van der Waals surface area (Å²) in [4.78, 5) is 14.0. The Balaban J connectivity index is 2.05. The van der Waals surface area contributed by atoms with Crippen LogP contribution in [0.5, 0.6) is 0 Å². The van der Waals surface area contributed by atoms with Crippen molar-refractivity contribution in [1.82, 2.24) is 0 Å². The standard InChI is InChI=1S/C14H15N3O/c15-8-10-4-3-7-12-14(10)16-13(18)9-17(12)11-5-1-2-6-11/h3-4,7,11H,1-2,5-6,9H2,(H,16,18). The van der Waals surface area contributed by atoms with Crippen LogP contribution in [-0.4, -0.2) is 18.5 Å². The molecule has 0 radical (unpaired) electrons. The Morgan fingerprint density at radius 1 is 1.33 bits per heavy atom. The van der Waals surface area contributed by atoms with Gasteiger partial charge in [0, 0.05) is 6.04 Å². The topological polar surface area (TPSA) is 56.1 Å². The zero-order valence-electron chi connectivity index (χ0n) is 10.1. The monoisotopic (exact) mass is 241 g/mol. The number of nitrogens with one attached hydrogen (secondary N) is 1. The number of benzene rings is 1. The molecule has 1 aliphatic heterocycles. The maximum atomic E-state index is 11.8. The minimum absolute atomic E-state index is 0.0166. The molecule has 1 N–H and O–H groups in total. The molecule has 2 aliphatic rings. The summed E-state index contributed by atoms with van der Waals surface area (Å²) in [5, 5.41) is 11.9. The van der Waals surface area contributed by atoms with E-state index in [9.17, 15) is 4.79 Å². The first-order valence-corrected chi connectivity index (χ1v) is 6.39. The number of nitriles is 1. The van der Waals surface area contributed by atoms with Crippen LogP contribution in [0.15, 0.2) is 18.2 Å². The van der Waals surface area contributed by atoms with E-state index in [-0.39, 0.29) is 5.91 Å². The highest BCUT2D eigenvalue weighted by Gasteiger charge is 2.30. The highest BCUT2D eigenvalue weighted by molar-refractivity contribution is 6.02. The molecular weight excluding hydrogens is 226 g/mol. The maximum absolute atomic E-state index is 11.8. The molecule has 1 aromatic rings. The van der Waals surface area contributed by atoms with Crippen molar-refractivity contribution in [2.24, 2.45) is 0 Å². The first-order chi connectivity index (χ1) is 8.79. The molecule has 1 amide bonds. The second-order valence-corrected chi connectivity index (χ2v) is 4.93. The van der Waals surface area contributed by atoms with Crippen LogP contribution in [0.4, 0.5) is 11.4 Å². The van der Waals surface area contributed by atoms with Crippen molar-refractivity contribution in [3.05, 3.63) is 23.8 Å². The summed E-state index contributed by atoms with van der Waals surface area (Å²) >= 11 is 0. The van der Waals surface area contributed by atoms with Crippen molar-refractivity contribution in [2.75, 3.05) is 16.8 Å². The van der Waals surface area contributed by atoms with Gasteiger partial charge in [-0.05, 0) is 25.0 Å². The number of rotatable bonds is 1. The lowest BCUT2D eigenvalue weighted by molar-refractivity contribution is -0.115. The number of amides is 1. The minimum Gasteiger partial charge on any atom is -0.358 e. The molecule has 92 valence electrons. The van der Waals surface area contributed by atoms with Crippen molar-refractivity contribution in [3.8, 4) is 6.07 Å². The van der Waals surface area contributed by atoms with E-state index < -0.39 is 0 Å². The summed E-state index contributed by atoms with van der Waals surface area (Å²) in [7, 11) is 0. The molecule has 4 heteroatoms. The molecule has 4 nitrogen and oxygen atoms in total. The molecule has 0 saturated heterocycles. The Morgan fingerprint density at radius 2 is 2.11 bits per heavy atom. The normalized spacial score (nSPS) is 19.3. The van der Waals surface area contributed by atoms with Crippen molar-refractivity contribution >= 4 is 17.3 Å². The van der Waals surface area contributed by atoms with Crippen LogP contribution in [-0.2, 0) is 4.79 Å². The van der Waals surface area contributed by atoms with Gasteiger partial charge in [0.05, 0.1) is 23.5 Å². The van der Waals surface area contributed by atoms with Crippen LogP contribution < -0.4 is 10.2 Å². The third-order valence-corrected chi connectivity index (χ3v) is 3.82. The number of nitrogens with zero attached hydrogens (tertiary/aromatic N) is 2. The lowest BCUT2D eigenvalue weighted by atomic mass is 10.1. The number of para-hydroxylation sites is 1. The van der Waals surface area contributed by atoms with Crippen molar-refractivity contribution < 1.29 is 4.79 Å². The minimum atomic E-state index is -0.0166. The molecular formula is C14H15N3O. The number of fused-ring (bicyclic) bond motifs is 1. The molecule has 1 aliphatic carbocycles.